The Hall–Kier alpha value is -1.70. The molecule has 0 heterocycles. The van der Waals surface area contributed by atoms with Crippen molar-refractivity contribution in [3.63, 3.8) is 0 Å². The Bertz CT molecular complexity index is 652. The maximum atomic E-state index is 9.16. The van der Waals surface area contributed by atoms with Crippen molar-refractivity contribution < 1.29 is 4.74 Å². The van der Waals surface area contributed by atoms with E-state index in [4.69, 9.17) is 21.6 Å². The highest BCUT2D eigenvalue weighted by atomic mass is 79.9. The molecule has 1 N–H and O–H groups in total. The van der Waals surface area contributed by atoms with Crippen molar-refractivity contribution in [3.05, 3.63) is 51.5 Å². The quantitative estimate of drug-likeness (QED) is 0.881. The van der Waals surface area contributed by atoms with Gasteiger partial charge in [0.2, 0.25) is 0 Å². The predicted octanol–water partition coefficient (Wildman–Crippen LogP) is 4.73. The minimum Gasteiger partial charge on any atom is -0.495 e. The lowest BCUT2D eigenvalue weighted by Gasteiger charge is -2.11. The zero-order valence-corrected chi connectivity index (χ0v) is 12.4. The summed E-state index contributed by atoms with van der Waals surface area (Å²) in [6.07, 6.45) is 0. The molecule has 3 nitrogen and oxygen atoms in total. The number of hydrogen-bond acceptors (Lipinski definition) is 3. The second kappa shape index (κ2) is 5.96. The van der Waals surface area contributed by atoms with Crippen LogP contribution in [0, 0.1) is 11.3 Å². The van der Waals surface area contributed by atoms with Crippen molar-refractivity contribution >= 4 is 38.9 Å². The number of benzene rings is 2. The monoisotopic (exact) mass is 336 g/mol. The molecular weight excluding hydrogens is 328 g/mol. The van der Waals surface area contributed by atoms with Gasteiger partial charge in [0.1, 0.15) is 11.8 Å². The number of ether oxygens (including phenoxy) is 1. The Morgan fingerprint density at radius 1 is 1.32 bits per heavy atom. The van der Waals surface area contributed by atoms with Gasteiger partial charge in [-0.05, 0) is 40.2 Å². The van der Waals surface area contributed by atoms with E-state index < -0.39 is 0 Å². The van der Waals surface area contributed by atoms with Crippen LogP contribution in [0.1, 0.15) is 5.56 Å². The molecule has 0 amide bonds. The van der Waals surface area contributed by atoms with Gasteiger partial charge in [-0.15, -0.1) is 0 Å². The fraction of sp³-hybridized carbons (Fsp3) is 0.0714. The molecule has 2 aromatic rings. The molecule has 0 spiro atoms. The summed E-state index contributed by atoms with van der Waals surface area (Å²) in [7, 11) is 1.56. The van der Waals surface area contributed by atoms with Crippen LogP contribution < -0.4 is 10.1 Å². The summed E-state index contributed by atoms with van der Waals surface area (Å²) in [5.74, 6) is 0.583. The molecule has 2 rings (SSSR count). The third-order valence-electron chi connectivity index (χ3n) is 2.56. The van der Waals surface area contributed by atoms with E-state index in [0.29, 0.717) is 16.3 Å². The maximum absolute atomic E-state index is 9.16. The van der Waals surface area contributed by atoms with Gasteiger partial charge in [0, 0.05) is 16.2 Å². The largest absolute Gasteiger partial charge is 0.495 e. The number of nitriles is 1. The van der Waals surface area contributed by atoms with Gasteiger partial charge in [-0.3, -0.25) is 0 Å². The Balaban J connectivity index is 2.37. The van der Waals surface area contributed by atoms with E-state index in [-0.39, 0.29) is 0 Å². The molecule has 0 saturated heterocycles. The van der Waals surface area contributed by atoms with Gasteiger partial charge in [-0.25, -0.2) is 0 Å². The van der Waals surface area contributed by atoms with Crippen molar-refractivity contribution in [2.45, 2.75) is 0 Å². The predicted molar refractivity (Wildman–Crippen MR) is 80.1 cm³/mol. The first-order valence-electron chi connectivity index (χ1n) is 5.45. The highest BCUT2D eigenvalue weighted by Gasteiger charge is 2.07. The standard InChI is InChI=1S/C14H10BrClN2O/c1-19-14-7-9(5-6-12(14)16)18-13-4-2-3-11(15)10(13)8-17/h2-7,18H,1H3. The Labute approximate surface area is 124 Å². The van der Waals surface area contributed by atoms with Crippen LogP contribution in [-0.2, 0) is 0 Å². The first kappa shape index (κ1) is 13.7. The molecule has 0 aromatic heterocycles. The third-order valence-corrected chi connectivity index (χ3v) is 3.53. The molecule has 0 atom stereocenters. The second-order valence-electron chi connectivity index (χ2n) is 3.75. The molecule has 0 bridgehead atoms. The smallest absolute Gasteiger partial charge is 0.139 e. The Morgan fingerprint density at radius 3 is 2.79 bits per heavy atom. The fourth-order valence-corrected chi connectivity index (χ4v) is 2.28. The van der Waals surface area contributed by atoms with Crippen LogP contribution in [0.15, 0.2) is 40.9 Å². The van der Waals surface area contributed by atoms with E-state index in [1.165, 1.54) is 0 Å². The topological polar surface area (TPSA) is 45.0 Å². The first-order valence-corrected chi connectivity index (χ1v) is 6.62. The minimum absolute atomic E-state index is 0.544. The highest BCUT2D eigenvalue weighted by Crippen LogP contribution is 2.31. The van der Waals surface area contributed by atoms with Gasteiger partial charge in [-0.1, -0.05) is 17.7 Å². The highest BCUT2D eigenvalue weighted by molar-refractivity contribution is 9.10. The summed E-state index contributed by atoms with van der Waals surface area (Å²) in [6, 6.07) is 13.0. The SMILES string of the molecule is COc1cc(Nc2cccc(Br)c2C#N)ccc1Cl. The van der Waals surface area contributed by atoms with Crippen molar-refractivity contribution in [1.82, 2.24) is 0 Å². The van der Waals surface area contributed by atoms with Crippen LogP contribution >= 0.6 is 27.5 Å². The van der Waals surface area contributed by atoms with Gasteiger partial charge in [-0.2, -0.15) is 5.26 Å². The van der Waals surface area contributed by atoms with Crippen LogP contribution in [0.2, 0.25) is 5.02 Å². The summed E-state index contributed by atoms with van der Waals surface area (Å²) < 4.78 is 5.91. The van der Waals surface area contributed by atoms with Gasteiger partial charge < -0.3 is 10.1 Å². The minimum atomic E-state index is 0.544. The number of anilines is 2. The van der Waals surface area contributed by atoms with Crippen LogP contribution in [0.5, 0.6) is 5.75 Å². The molecule has 19 heavy (non-hydrogen) atoms. The number of methoxy groups -OCH3 is 1. The number of hydrogen-bond donors (Lipinski definition) is 1. The van der Waals surface area contributed by atoms with Crippen LogP contribution in [0.4, 0.5) is 11.4 Å². The number of nitrogens with one attached hydrogen (secondary N) is 1. The lowest BCUT2D eigenvalue weighted by molar-refractivity contribution is 0.415. The van der Waals surface area contributed by atoms with E-state index in [9.17, 15) is 0 Å². The van der Waals surface area contributed by atoms with Gasteiger partial charge in [0.15, 0.2) is 0 Å². The summed E-state index contributed by atoms with van der Waals surface area (Å²) >= 11 is 9.32. The summed E-state index contributed by atoms with van der Waals surface area (Å²) in [5, 5.41) is 12.9. The molecule has 0 radical (unpaired) electrons. The molecule has 0 aliphatic carbocycles. The number of halogens is 2. The normalized spacial score (nSPS) is 9.79. The first-order chi connectivity index (χ1) is 9.15. The average Bonchev–Trinajstić information content (AvgIpc) is 2.41. The molecule has 0 aliphatic heterocycles. The molecular formula is C14H10BrClN2O. The maximum Gasteiger partial charge on any atom is 0.139 e. The number of nitrogens with zero attached hydrogens (tertiary/aromatic N) is 1. The van der Waals surface area contributed by atoms with Crippen LogP contribution in [0.25, 0.3) is 0 Å². The molecule has 0 aliphatic rings. The van der Waals surface area contributed by atoms with Crippen molar-refractivity contribution in [2.24, 2.45) is 0 Å². The molecule has 0 fully saturated rings. The van der Waals surface area contributed by atoms with Crippen molar-refractivity contribution in [3.8, 4) is 11.8 Å². The Kier molecular flexibility index (Phi) is 4.31. The van der Waals surface area contributed by atoms with Gasteiger partial charge in [0.25, 0.3) is 0 Å². The molecule has 0 saturated carbocycles. The summed E-state index contributed by atoms with van der Waals surface area (Å²) in [5.41, 5.74) is 2.08. The number of rotatable bonds is 3. The van der Waals surface area contributed by atoms with E-state index >= 15 is 0 Å². The summed E-state index contributed by atoms with van der Waals surface area (Å²) in [6.45, 7) is 0. The van der Waals surface area contributed by atoms with E-state index in [1.54, 1.807) is 19.2 Å². The van der Waals surface area contributed by atoms with Crippen molar-refractivity contribution in [1.29, 1.82) is 5.26 Å². The molecule has 5 heteroatoms. The van der Waals surface area contributed by atoms with E-state index in [0.717, 1.165) is 15.8 Å². The van der Waals surface area contributed by atoms with Gasteiger partial charge in [0.05, 0.1) is 23.4 Å². The lowest BCUT2D eigenvalue weighted by Crippen LogP contribution is -1.95. The second-order valence-corrected chi connectivity index (χ2v) is 5.01. The fourth-order valence-electron chi connectivity index (χ4n) is 1.63. The Morgan fingerprint density at radius 2 is 2.11 bits per heavy atom. The average molecular weight is 338 g/mol. The van der Waals surface area contributed by atoms with Crippen LogP contribution in [-0.4, -0.2) is 7.11 Å². The lowest BCUT2D eigenvalue weighted by atomic mass is 10.2. The molecule has 2 aromatic carbocycles. The van der Waals surface area contributed by atoms with Gasteiger partial charge >= 0.3 is 0 Å². The van der Waals surface area contributed by atoms with Crippen molar-refractivity contribution in [2.75, 3.05) is 12.4 Å². The van der Waals surface area contributed by atoms with E-state index in [1.807, 2.05) is 24.3 Å². The van der Waals surface area contributed by atoms with E-state index in [2.05, 4.69) is 27.3 Å². The zero-order chi connectivity index (χ0) is 13.8. The molecule has 96 valence electrons. The van der Waals surface area contributed by atoms with Crippen LogP contribution in [0.3, 0.4) is 0 Å². The molecule has 0 unspecified atom stereocenters. The zero-order valence-electron chi connectivity index (χ0n) is 10.1. The summed E-state index contributed by atoms with van der Waals surface area (Å²) in [4.78, 5) is 0. The third kappa shape index (κ3) is 3.01.